The van der Waals surface area contributed by atoms with Gasteiger partial charge < -0.3 is 0 Å². The Balaban J connectivity index is 2.44. The predicted octanol–water partition coefficient (Wildman–Crippen LogP) is 1.84. The summed E-state index contributed by atoms with van der Waals surface area (Å²) in [7, 11) is 0. The van der Waals surface area contributed by atoms with Gasteiger partial charge in [0.1, 0.15) is 6.33 Å². The maximum absolute atomic E-state index is 10.4. The molecule has 0 bridgehead atoms. The van der Waals surface area contributed by atoms with Crippen LogP contribution >= 0.6 is 12.2 Å². The molecule has 0 saturated heterocycles. The Bertz CT molecular complexity index is 542. The molecule has 1 heterocycles. The molecule has 76 valence electrons. The summed E-state index contributed by atoms with van der Waals surface area (Å²) in [6.07, 6.45) is 1.52. The first-order chi connectivity index (χ1) is 7.18. The summed E-state index contributed by atoms with van der Waals surface area (Å²) in [5.74, 6) is 0. The van der Waals surface area contributed by atoms with Gasteiger partial charge in [0.2, 0.25) is 0 Å². The number of benzene rings is 1. The first-order valence-corrected chi connectivity index (χ1v) is 4.46. The van der Waals surface area contributed by atoms with Crippen LogP contribution in [0.1, 0.15) is 0 Å². The lowest BCUT2D eigenvalue weighted by Crippen LogP contribution is -1.93. The van der Waals surface area contributed by atoms with Gasteiger partial charge >= 0.3 is 0 Å². The maximum Gasteiger partial charge on any atom is 0.269 e. The van der Waals surface area contributed by atoms with Gasteiger partial charge in [-0.15, -0.1) is 0 Å². The highest BCUT2D eigenvalue weighted by Crippen LogP contribution is 2.14. The highest BCUT2D eigenvalue weighted by Gasteiger charge is 2.05. The highest BCUT2D eigenvalue weighted by atomic mass is 32.1. The second-order valence-corrected chi connectivity index (χ2v) is 3.19. The Hall–Kier alpha value is -2.02. The SMILES string of the molecule is O=[N+]([O-])c1ccc(-n2cn[nH]c2=S)cc1. The van der Waals surface area contributed by atoms with E-state index in [1.807, 2.05) is 0 Å². The number of nitrogens with one attached hydrogen (secondary N) is 1. The Morgan fingerprint density at radius 1 is 1.40 bits per heavy atom. The lowest BCUT2D eigenvalue weighted by Gasteiger charge is -1.99. The fourth-order valence-electron chi connectivity index (χ4n) is 1.17. The van der Waals surface area contributed by atoms with E-state index in [-0.39, 0.29) is 5.69 Å². The van der Waals surface area contributed by atoms with Crippen LogP contribution in [0, 0.1) is 14.9 Å². The average molecular weight is 222 g/mol. The van der Waals surface area contributed by atoms with E-state index in [4.69, 9.17) is 12.2 Å². The first kappa shape index (κ1) is 9.53. The van der Waals surface area contributed by atoms with Gasteiger partial charge in [0.25, 0.3) is 5.69 Å². The smallest absolute Gasteiger partial charge is 0.269 e. The molecule has 0 aliphatic heterocycles. The lowest BCUT2D eigenvalue weighted by atomic mass is 10.3. The van der Waals surface area contributed by atoms with E-state index in [2.05, 4.69) is 10.2 Å². The fourth-order valence-corrected chi connectivity index (χ4v) is 1.37. The second kappa shape index (κ2) is 3.62. The van der Waals surface area contributed by atoms with Crippen molar-refractivity contribution in [2.45, 2.75) is 0 Å². The minimum atomic E-state index is -0.446. The van der Waals surface area contributed by atoms with Crippen LogP contribution in [0.5, 0.6) is 0 Å². The Labute approximate surface area is 89.3 Å². The van der Waals surface area contributed by atoms with Crippen molar-refractivity contribution >= 4 is 17.9 Å². The average Bonchev–Trinajstić information content (AvgIpc) is 2.65. The van der Waals surface area contributed by atoms with Crippen molar-refractivity contribution < 1.29 is 4.92 Å². The molecule has 2 aromatic rings. The fraction of sp³-hybridized carbons (Fsp3) is 0. The van der Waals surface area contributed by atoms with Crippen molar-refractivity contribution in [2.75, 3.05) is 0 Å². The predicted molar refractivity (Wildman–Crippen MR) is 55.4 cm³/mol. The molecule has 1 N–H and O–H groups in total. The van der Waals surface area contributed by atoms with Gasteiger partial charge in [-0.05, 0) is 24.4 Å². The summed E-state index contributed by atoms with van der Waals surface area (Å²) in [4.78, 5) is 9.98. The van der Waals surface area contributed by atoms with E-state index < -0.39 is 4.92 Å². The van der Waals surface area contributed by atoms with Crippen molar-refractivity contribution in [1.29, 1.82) is 0 Å². The topological polar surface area (TPSA) is 76.8 Å². The van der Waals surface area contributed by atoms with E-state index >= 15 is 0 Å². The molecule has 2 rings (SSSR count). The molecule has 6 nitrogen and oxygen atoms in total. The normalized spacial score (nSPS) is 10.1. The summed E-state index contributed by atoms with van der Waals surface area (Å²) in [5, 5.41) is 16.8. The number of nitrogens with zero attached hydrogens (tertiary/aromatic N) is 3. The number of rotatable bonds is 2. The molecule has 0 unspecified atom stereocenters. The summed E-state index contributed by atoms with van der Waals surface area (Å²) >= 11 is 4.96. The standard InChI is InChI=1S/C8H6N4O2S/c13-12(14)7-3-1-6(2-4-7)11-5-9-10-8(11)15/h1-5H,(H,10,15). The number of nitro benzene ring substituents is 1. The number of aromatic amines is 1. The molecule has 0 aliphatic rings. The van der Waals surface area contributed by atoms with Crippen molar-refractivity contribution in [3.8, 4) is 5.69 Å². The molecule has 0 amide bonds. The van der Waals surface area contributed by atoms with Gasteiger partial charge in [-0.1, -0.05) is 0 Å². The zero-order valence-electron chi connectivity index (χ0n) is 7.45. The molecule has 0 atom stereocenters. The van der Waals surface area contributed by atoms with Crippen molar-refractivity contribution in [2.24, 2.45) is 0 Å². The van der Waals surface area contributed by atoms with E-state index in [9.17, 15) is 10.1 Å². The minimum absolute atomic E-state index is 0.0498. The summed E-state index contributed by atoms with van der Waals surface area (Å²) in [5.41, 5.74) is 0.785. The molecule has 1 aromatic heterocycles. The maximum atomic E-state index is 10.4. The second-order valence-electron chi connectivity index (χ2n) is 2.81. The Morgan fingerprint density at radius 2 is 2.07 bits per heavy atom. The molecular weight excluding hydrogens is 216 g/mol. The highest BCUT2D eigenvalue weighted by molar-refractivity contribution is 7.71. The summed E-state index contributed by atoms with van der Waals surface area (Å²) in [6.45, 7) is 0. The molecule has 0 saturated carbocycles. The zero-order valence-corrected chi connectivity index (χ0v) is 8.27. The minimum Gasteiger partial charge on any atom is -0.275 e. The molecule has 0 aliphatic carbocycles. The molecule has 1 aromatic carbocycles. The first-order valence-electron chi connectivity index (χ1n) is 4.05. The monoisotopic (exact) mass is 222 g/mol. The van der Waals surface area contributed by atoms with Crippen LogP contribution in [0.15, 0.2) is 30.6 Å². The molecule has 0 fully saturated rings. The third-order valence-electron chi connectivity index (χ3n) is 1.89. The van der Waals surface area contributed by atoms with E-state index in [0.29, 0.717) is 4.77 Å². The van der Waals surface area contributed by atoms with Crippen LogP contribution in [0.3, 0.4) is 0 Å². The van der Waals surface area contributed by atoms with Gasteiger partial charge in [0.15, 0.2) is 4.77 Å². The third kappa shape index (κ3) is 1.77. The number of hydrogen-bond donors (Lipinski definition) is 1. The lowest BCUT2D eigenvalue weighted by molar-refractivity contribution is -0.384. The van der Waals surface area contributed by atoms with Crippen LogP contribution in [-0.2, 0) is 0 Å². The molecular formula is C8H6N4O2S. The van der Waals surface area contributed by atoms with E-state index in [1.54, 1.807) is 16.7 Å². The number of hydrogen-bond acceptors (Lipinski definition) is 4. The number of H-pyrrole nitrogens is 1. The molecule has 15 heavy (non-hydrogen) atoms. The van der Waals surface area contributed by atoms with Gasteiger partial charge in [-0.25, -0.2) is 0 Å². The largest absolute Gasteiger partial charge is 0.275 e. The summed E-state index contributed by atoms with van der Waals surface area (Å²) < 4.78 is 2.07. The molecule has 7 heteroatoms. The van der Waals surface area contributed by atoms with Gasteiger partial charge in [0.05, 0.1) is 4.92 Å². The number of non-ortho nitro benzene ring substituents is 1. The van der Waals surface area contributed by atoms with Crippen LogP contribution in [0.25, 0.3) is 5.69 Å². The van der Waals surface area contributed by atoms with Crippen LogP contribution < -0.4 is 0 Å². The van der Waals surface area contributed by atoms with Crippen molar-refractivity contribution in [3.63, 3.8) is 0 Å². The van der Waals surface area contributed by atoms with Crippen LogP contribution in [0.2, 0.25) is 0 Å². The van der Waals surface area contributed by atoms with Gasteiger partial charge in [0, 0.05) is 17.8 Å². The third-order valence-corrected chi connectivity index (χ3v) is 2.18. The van der Waals surface area contributed by atoms with Crippen LogP contribution in [-0.4, -0.2) is 19.7 Å². The van der Waals surface area contributed by atoms with E-state index in [1.165, 1.54) is 18.5 Å². The van der Waals surface area contributed by atoms with Crippen molar-refractivity contribution in [3.05, 3.63) is 45.5 Å². The quantitative estimate of drug-likeness (QED) is 0.477. The van der Waals surface area contributed by atoms with Crippen molar-refractivity contribution in [1.82, 2.24) is 14.8 Å². The Morgan fingerprint density at radius 3 is 2.53 bits per heavy atom. The van der Waals surface area contributed by atoms with Crippen LogP contribution in [0.4, 0.5) is 5.69 Å². The Kier molecular flexibility index (Phi) is 2.30. The zero-order chi connectivity index (χ0) is 10.8. The van der Waals surface area contributed by atoms with E-state index in [0.717, 1.165) is 5.69 Å². The van der Waals surface area contributed by atoms with Gasteiger partial charge in [-0.2, -0.15) is 5.10 Å². The molecule has 0 radical (unpaired) electrons. The van der Waals surface area contributed by atoms with Gasteiger partial charge in [-0.3, -0.25) is 19.8 Å². The summed E-state index contributed by atoms with van der Waals surface area (Å²) in [6, 6.07) is 6.07. The number of nitro groups is 1. The molecule has 0 spiro atoms. The number of aromatic nitrogens is 3.